The molecule has 26 heavy (non-hydrogen) atoms. The molecule has 140 valence electrons. The highest BCUT2D eigenvalue weighted by Crippen LogP contribution is 2.17. The fraction of sp³-hybridized carbons (Fsp3) is 0.500. The number of unbranched alkanes of at least 4 members (excludes halogenated alkanes) is 1. The van der Waals surface area contributed by atoms with Gasteiger partial charge in [0.15, 0.2) is 0 Å². The van der Waals surface area contributed by atoms with Gasteiger partial charge >= 0.3 is 0 Å². The molecule has 4 nitrogen and oxygen atoms in total. The van der Waals surface area contributed by atoms with Crippen LogP contribution in [0.15, 0.2) is 36.4 Å². The third-order valence-electron chi connectivity index (χ3n) is 5.06. The summed E-state index contributed by atoms with van der Waals surface area (Å²) in [5.74, 6) is 0.599. The van der Waals surface area contributed by atoms with Crippen molar-refractivity contribution in [1.82, 2.24) is 9.88 Å². The number of nitrogens with one attached hydrogen (secondary N) is 1. The van der Waals surface area contributed by atoms with Gasteiger partial charge < -0.3 is 11.1 Å². The van der Waals surface area contributed by atoms with Crippen molar-refractivity contribution >= 4 is 11.5 Å². The van der Waals surface area contributed by atoms with Crippen LogP contribution in [0.25, 0.3) is 0 Å². The predicted octanol–water partition coefficient (Wildman–Crippen LogP) is 4.26. The number of likely N-dealkylation sites (tertiary alicyclic amines) is 1. The van der Waals surface area contributed by atoms with Crippen LogP contribution in [0.5, 0.6) is 0 Å². The van der Waals surface area contributed by atoms with E-state index in [-0.39, 0.29) is 0 Å². The predicted molar refractivity (Wildman–Crippen MR) is 110 cm³/mol. The van der Waals surface area contributed by atoms with Crippen LogP contribution in [0.3, 0.4) is 0 Å². The van der Waals surface area contributed by atoms with E-state index in [1.54, 1.807) is 0 Å². The number of nitrogens with zero attached hydrogens (tertiary/aromatic N) is 2. The second kappa shape index (κ2) is 9.58. The van der Waals surface area contributed by atoms with E-state index in [4.69, 9.17) is 5.73 Å². The van der Waals surface area contributed by atoms with Crippen molar-refractivity contribution in [3.63, 3.8) is 0 Å². The number of nitrogens with two attached hydrogens (primary N) is 1. The van der Waals surface area contributed by atoms with Crippen molar-refractivity contribution in [3.05, 3.63) is 53.2 Å². The molecule has 3 N–H and O–H groups in total. The molecule has 1 fully saturated rings. The van der Waals surface area contributed by atoms with Gasteiger partial charge in [0.1, 0.15) is 5.82 Å². The standard InChI is InChI=1S/C22H32N4/c1-2-3-12-24-21-15-20(25-22(23)16-21)11-10-18-6-8-19(9-7-18)17-26-13-4-5-14-26/h6-9,15-16H,2-5,10-14,17H2,1H3,(H3,23,24,25). The summed E-state index contributed by atoms with van der Waals surface area (Å²) in [6, 6.07) is 13.1. The summed E-state index contributed by atoms with van der Waals surface area (Å²) in [5, 5.41) is 3.44. The average Bonchev–Trinajstić information content (AvgIpc) is 3.14. The molecule has 1 aromatic heterocycles. The van der Waals surface area contributed by atoms with E-state index in [1.165, 1.54) is 49.9 Å². The molecule has 0 radical (unpaired) electrons. The highest BCUT2D eigenvalue weighted by Gasteiger charge is 2.11. The maximum Gasteiger partial charge on any atom is 0.125 e. The summed E-state index contributed by atoms with van der Waals surface area (Å²) in [5.41, 5.74) is 10.9. The number of benzene rings is 1. The Bertz CT molecular complexity index is 675. The first-order valence-electron chi connectivity index (χ1n) is 10.0. The van der Waals surface area contributed by atoms with Crippen LogP contribution in [0.4, 0.5) is 11.5 Å². The van der Waals surface area contributed by atoms with E-state index in [9.17, 15) is 0 Å². The summed E-state index contributed by atoms with van der Waals surface area (Å²) < 4.78 is 0. The van der Waals surface area contributed by atoms with Crippen LogP contribution in [0, 0.1) is 0 Å². The number of anilines is 2. The smallest absolute Gasteiger partial charge is 0.125 e. The minimum atomic E-state index is 0.599. The van der Waals surface area contributed by atoms with Gasteiger partial charge in [-0.15, -0.1) is 0 Å². The number of rotatable bonds is 9. The minimum absolute atomic E-state index is 0.599. The Morgan fingerprint density at radius 2 is 1.77 bits per heavy atom. The SMILES string of the molecule is CCCCNc1cc(N)nc(CCc2ccc(CN3CCCC3)cc2)c1. The Kier molecular flexibility index (Phi) is 6.89. The summed E-state index contributed by atoms with van der Waals surface area (Å²) in [6.45, 7) is 6.76. The lowest BCUT2D eigenvalue weighted by Gasteiger charge is -2.14. The molecule has 0 amide bonds. The van der Waals surface area contributed by atoms with E-state index in [0.717, 1.165) is 37.3 Å². The molecule has 0 unspecified atom stereocenters. The van der Waals surface area contributed by atoms with Gasteiger partial charge in [0.05, 0.1) is 0 Å². The molecule has 2 heterocycles. The molecule has 3 rings (SSSR count). The third-order valence-corrected chi connectivity index (χ3v) is 5.06. The molecule has 0 spiro atoms. The minimum Gasteiger partial charge on any atom is -0.385 e. The summed E-state index contributed by atoms with van der Waals surface area (Å²) in [4.78, 5) is 7.03. The molecule has 1 saturated heterocycles. The molecule has 0 aliphatic carbocycles. The van der Waals surface area contributed by atoms with Gasteiger partial charge in [-0.3, -0.25) is 4.90 Å². The zero-order valence-corrected chi connectivity index (χ0v) is 16.0. The van der Waals surface area contributed by atoms with Gasteiger partial charge in [0.25, 0.3) is 0 Å². The lowest BCUT2D eigenvalue weighted by molar-refractivity contribution is 0.331. The quantitative estimate of drug-likeness (QED) is 0.662. The number of aryl methyl sites for hydroxylation is 2. The highest BCUT2D eigenvalue weighted by atomic mass is 15.1. The Hall–Kier alpha value is -2.07. The number of aromatic nitrogens is 1. The Balaban J connectivity index is 1.53. The van der Waals surface area contributed by atoms with E-state index in [1.807, 2.05) is 6.07 Å². The average molecular weight is 353 g/mol. The zero-order chi connectivity index (χ0) is 18.2. The molecule has 1 aromatic carbocycles. The van der Waals surface area contributed by atoms with Crippen LogP contribution in [-0.2, 0) is 19.4 Å². The topological polar surface area (TPSA) is 54.2 Å². The fourth-order valence-corrected chi connectivity index (χ4v) is 3.53. The second-order valence-electron chi connectivity index (χ2n) is 7.35. The number of hydrogen-bond acceptors (Lipinski definition) is 4. The molecular weight excluding hydrogens is 320 g/mol. The Morgan fingerprint density at radius 1 is 1.04 bits per heavy atom. The summed E-state index contributed by atoms with van der Waals surface area (Å²) in [6.07, 6.45) is 6.96. The van der Waals surface area contributed by atoms with Crippen molar-refractivity contribution in [2.45, 2.75) is 52.0 Å². The summed E-state index contributed by atoms with van der Waals surface area (Å²) in [7, 11) is 0. The molecule has 0 bridgehead atoms. The molecule has 2 aromatic rings. The van der Waals surface area contributed by atoms with E-state index < -0.39 is 0 Å². The van der Waals surface area contributed by atoms with E-state index in [2.05, 4.69) is 52.5 Å². The Morgan fingerprint density at radius 3 is 2.50 bits per heavy atom. The first kappa shape index (κ1) is 18.7. The third kappa shape index (κ3) is 5.73. The normalized spacial score (nSPS) is 14.7. The van der Waals surface area contributed by atoms with Crippen LogP contribution >= 0.6 is 0 Å². The monoisotopic (exact) mass is 352 g/mol. The van der Waals surface area contributed by atoms with Gasteiger partial charge in [-0.05, 0) is 62.4 Å². The number of pyridine rings is 1. The first-order valence-corrected chi connectivity index (χ1v) is 10.0. The van der Waals surface area contributed by atoms with Gasteiger partial charge in [-0.25, -0.2) is 4.98 Å². The van der Waals surface area contributed by atoms with Crippen LogP contribution < -0.4 is 11.1 Å². The zero-order valence-electron chi connectivity index (χ0n) is 16.0. The molecule has 1 aliphatic rings. The molecule has 0 saturated carbocycles. The van der Waals surface area contributed by atoms with Gasteiger partial charge in [-0.1, -0.05) is 37.6 Å². The van der Waals surface area contributed by atoms with Crippen molar-refractivity contribution < 1.29 is 0 Å². The number of nitrogen functional groups attached to an aromatic ring is 1. The lowest BCUT2D eigenvalue weighted by atomic mass is 10.1. The van der Waals surface area contributed by atoms with Gasteiger partial charge in [-0.2, -0.15) is 0 Å². The van der Waals surface area contributed by atoms with Crippen LogP contribution in [-0.4, -0.2) is 29.5 Å². The summed E-state index contributed by atoms with van der Waals surface area (Å²) >= 11 is 0. The maximum atomic E-state index is 5.97. The number of hydrogen-bond donors (Lipinski definition) is 2. The van der Waals surface area contributed by atoms with Crippen molar-refractivity contribution in [2.24, 2.45) is 0 Å². The first-order chi connectivity index (χ1) is 12.7. The van der Waals surface area contributed by atoms with E-state index >= 15 is 0 Å². The Labute approximate surface area is 157 Å². The largest absolute Gasteiger partial charge is 0.385 e. The molecule has 1 aliphatic heterocycles. The van der Waals surface area contributed by atoms with Gasteiger partial charge in [0, 0.05) is 30.5 Å². The molecule has 0 atom stereocenters. The molecular formula is C22H32N4. The molecule has 4 heteroatoms. The second-order valence-corrected chi connectivity index (χ2v) is 7.35. The van der Waals surface area contributed by atoms with Crippen LogP contribution in [0.1, 0.15) is 49.4 Å². The maximum absolute atomic E-state index is 5.97. The lowest BCUT2D eigenvalue weighted by Crippen LogP contribution is -2.18. The fourth-order valence-electron chi connectivity index (χ4n) is 3.53. The van der Waals surface area contributed by atoms with Crippen molar-refractivity contribution in [2.75, 3.05) is 30.7 Å². The van der Waals surface area contributed by atoms with E-state index in [0.29, 0.717) is 5.82 Å². The van der Waals surface area contributed by atoms with Crippen molar-refractivity contribution in [3.8, 4) is 0 Å². The van der Waals surface area contributed by atoms with Crippen molar-refractivity contribution in [1.29, 1.82) is 0 Å². The highest BCUT2D eigenvalue weighted by molar-refractivity contribution is 5.51. The van der Waals surface area contributed by atoms with Gasteiger partial charge in [0.2, 0.25) is 0 Å². The van der Waals surface area contributed by atoms with Crippen LogP contribution in [0.2, 0.25) is 0 Å².